The maximum Gasteiger partial charge on any atom is 0.248 e. The predicted octanol–water partition coefficient (Wildman–Crippen LogP) is 1.44. The van der Waals surface area contributed by atoms with Crippen molar-refractivity contribution in [2.75, 3.05) is 31.9 Å². The van der Waals surface area contributed by atoms with Gasteiger partial charge in [0.05, 0.1) is 16.8 Å². The zero-order chi connectivity index (χ0) is 22.5. The number of fused-ring (bicyclic) bond motifs is 3. The molecule has 0 unspecified atom stereocenters. The number of thioether (sulfide) groups is 1. The van der Waals surface area contributed by atoms with E-state index in [1.165, 1.54) is 16.1 Å². The highest BCUT2D eigenvalue weighted by molar-refractivity contribution is 7.99. The number of imidazole rings is 1. The fourth-order valence-corrected chi connectivity index (χ4v) is 6.48. The predicted molar refractivity (Wildman–Crippen MR) is 117 cm³/mol. The van der Waals surface area contributed by atoms with Crippen molar-refractivity contribution in [2.45, 2.75) is 23.9 Å². The topological polar surface area (TPSA) is 130 Å². The van der Waals surface area contributed by atoms with E-state index in [9.17, 15) is 13.2 Å². The molecule has 1 aromatic carbocycles. The van der Waals surface area contributed by atoms with E-state index in [2.05, 4.69) is 20.3 Å². The van der Waals surface area contributed by atoms with Crippen molar-refractivity contribution in [3.05, 3.63) is 35.7 Å². The largest absolute Gasteiger partial charge is 0.360 e. The molecule has 0 spiro atoms. The summed E-state index contributed by atoms with van der Waals surface area (Å²) < 4.78 is 34.2. The number of nitrogens with zero attached hydrogens (tertiary/aromatic N) is 6. The molecule has 0 aliphatic carbocycles. The van der Waals surface area contributed by atoms with E-state index in [-0.39, 0.29) is 35.4 Å². The van der Waals surface area contributed by atoms with E-state index in [1.807, 2.05) is 28.7 Å². The molecule has 1 aliphatic rings. The second kappa shape index (κ2) is 7.90. The second-order valence-electron chi connectivity index (χ2n) is 7.49. The second-order valence-corrected chi connectivity index (χ2v) is 10.3. The first-order chi connectivity index (χ1) is 15.4. The Hall–Kier alpha value is -2.90. The fraction of sp³-hybridized carbons (Fsp3) is 0.368. The number of para-hydroxylation sites is 2. The first kappa shape index (κ1) is 21.0. The molecule has 0 radical (unpaired) electrons. The molecule has 5 rings (SSSR count). The van der Waals surface area contributed by atoms with Crippen molar-refractivity contribution in [3.63, 3.8) is 0 Å². The summed E-state index contributed by atoms with van der Waals surface area (Å²) in [6, 6.07) is 7.73. The number of piperazine rings is 1. The number of carbonyl (C=O) groups is 1. The Morgan fingerprint density at radius 1 is 1.19 bits per heavy atom. The van der Waals surface area contributed by atoms with Gasteiger partial charge in [-0.2, -0.15) is 4.31 Å². The third kappa shape index (κ3) is 3.45. The van der Waals surface area contributed by atoms with Gasteiger partial charge in [-0.1, -0.05) is 29.1 Å². The van der Waals surface area contributed by atoms with Crippen molar-refractivity contribution >= 4 is 44.5 Å². The number of nitrogens with one attached hydrogen (secondary N) is 1. The number of H-pyrrole nitrogens is 1. The SMILES string of the molecule is Cc1noc(C)c1S(=O)(=O)N1CCN(C(=O)CSc2n[nH]c3nc4ccccc4n23)CC1. The van der Waals surface area contributed by atoms with Gasteiger partial charge in [-0.25, -0.2) is 18.5 Å². The van der Waals surface area contributed by atoms with Crippen LogP contribution in [0.4, 0.5) is 0 Å². The molecular weight excluding hydrogens is 454 g/mol. The Morgan fingerprint density at radius 2 is 1.94 bits per heavy atom. The first-order valence-corrected chi connectivity index (χ1v) is 12.4. The van der Waals surface area contributed by atoms with Crippen LogP contribution in [-0.2, 0) is 14.8 Å². The van der Waals surface area contributed by atoms with Gasteiger partial charge >= 0.3 is 0 Å². The van der Waals surface area contributed by atoms with Crippen LogP contribution in [0.15, 0.2) is 38.8 Å². The average Bonchev–Trinajstić information content (AvgIpc) is 3.45. The number of aromatic amines is 1. The number of sulfonamides is 1. The van der Waals surface area contributed by atoms with Gasteiger partial charge in [-0.3, -0.25) is 9.20 Å². The molecule has 1 fully saturated rings. The molecular formula is C19H21N7O4S2. The maximum absolute atomic E-state index is 13.0. The van der Waals surface area contributed by atoms with Crippen LogP contribution in [-0.4, -0.2) is 80.2 Å². The van der Waals surface area contributed by atoms with Gasteiger partial charge in [-0.15, -0.1) is 5.10 Å². The van der Waals surface area contributed by atoms with Crippen molar-refractivity contribution in [3.8, 4) is 0 Å². The smallest absolute Gasteiger partial charge is 0.248 e. The van der Waals surface area contributed by atoms with Crippen LogP contribution in [0, 0.1) is 13.8 Å². The van der Waals surface area contributed by atoms with E-state index in [1.54, 1.807) is 18.7 Å². The minimum atomic E-state index is -3.71. The molecule has 13 heteroatoms. The number of amides is 1. The van der Waals surface area contributed by atoms with Gasteiger partial charge in [0.1, 0.15) is 10.6 Å². The monoisotopic (exact) mass is 475 g/mol. The molecule has 4 aromatic rings. The number of carbonyl (C=O) groups excluding carboxylic acids is 1. The Labute approximate surface area is 187 Å². The average molecular weight is 476 g/mol. The lowest BCUT2D eigenvalue weighted by molar-refractivity contribution is -0.129. The number of aryl methyl sites for hydroxylation is 2. The molecule has 3 aromatic heterocycles. The lowest BCUT2D eigenvalue weighted by Gasteiger charge is -2.33. The first-order valence-electron chi connectivity index (χ1n) is 10.0. The molecule has 0 saturated carbocycles. The standard InChI is InChI=1S/C19H21N7O4S2/c1-12-17(13(2)30-23-12)32(28,29)25-9-7-24(8-10-25)16(27)11-31-19-22-21-18-20-14-5-3-4-6-15(14)26(18)19/h3-6H,7-11H2,1-2H3,(H,20,21). The Bertz CT molecular complexity index is 1390. The summed E-state index contributed by atoms with van der Waals surface area (Å²) in [4.78, 5) is 19.1. The highest BCUT2D eigenvalue weighted by Gasteiger charge is 2.34. The van der Waals surface area contributed by atoms with E-state index in [0.717, 1.165) is 11.0 Å². The summed E-state index contributed by atoms with van der Waals surface area (Å²) in [5, 5.41) is 11.6. The molecule has 0 bridgehead atoms. The van der Waals surface area contributed by atoms with Crippen molar-refractivity contribution in [1.29, 1.82) is 0 Å². The highest BCUT2D eigenvalue weighted by Crippen LogP contribution is 2.25. The quantitative estimate of drug-likeness (QED) is 0.429. The van der Waals surface area contributed by atoms with E-state index < -0.39 is 10.0 Å². The lowest BCUT2D eigenvalue weighted by atomic mass is 10.3. The zero-order valence-electron chi connectivity index (χ0n) is 17.5. The molecule has 168 valence electrons. The highest BCUT2D eigenvalue weighted by atomic mass is 32.2. The van der Waals surface area contributed by atoms with Crippen molar-refractivity contribution < 1.29 is 17.7 Å². The lowest BCUT2D eigenvalue weighted by Crippen LogP contribution is -2.51. The van der Waals surface area contributed by atoms with Crippen LogP contribution in [0.2, 0.25) is 0 Å². The van der Waals surface area contributed by atoms with Crippen molar-refractivity contribution in [1.82, 2.24) is 33.9 Å². The number of aromatic nitrogens is 5. The summed E-state index contributed by atoms with van der Waals surface area (Å²) in [5.41, 5.74) is 2.11. The minimum Gasteiger partial charge on any atom is -0.360 e. The van der Waals surface area contributed by atoms with Crippen LogP contribution in [0.3, 0.4) is 0 Å². The minimum absolute atomic E-state index is 0.0649. The normalized spacial score (nSPS) is 15.8. The summed E-state index contributed by atoms with van der Waals surface area (Å²) in [5.74, 6) is 1.03. The number of benzene rings is 1. The number of hydrogen-bond acceptors (Lipinski definition) is 8. The third-order valence-corrected chi connectivity index (χ3v) is 8.55. The molecule has 0 atom stereocenters. The van der Waals surface area contributed by atoms with Crippen molar-refractivity contribution in [2.24, 2.45) is 0 Å². The van der Waals surface area contributed by atoms with Crippen LogP contribution in [0.5, 0.6) is 0 Å². The Balaban J connectivity index is 1.23. The van der Waals surface area contributed by atoms with Crippen LogP contribution in [0.1, 0.15) is 11.5 Å². The third-order valence-electron chi connectivity index (χ3n) is 5.49. The Morgan fingerprint density at radius 3 is 2.66 bits per heavy atom. The number of hydrogen-bond donors (Lipinski definition) is 1. The maximum atomic E-state index is 13.0. The fourth-order valence-electron chi connectivity index (χ4n) is 3.91. The zero-order valence-corrected chi connectivity index (χ0v) is 19.1. The van der Waals surface area contributed by atoms with Gasteiger partial charge in [0, 0.05) is 26.2 Å². The molecule has 1 N–H and O–H groups in total. The number of rotatable bonds is 5. The molecule has 32 heavy (non-hydrogen) atoms. The van der Waals surface area contributed by atoms with E-state index >= 15 is 0 Å². The van der Waals surface area contributed by atoms with E-state index in [4.69, 9.17) is 4.52 Å². The molecule has 11 nitrogen and oxygen atoms in total. The van der Waals surface area contributed by atoms with Gasteiger partial charge in [0.25, 0.3) is 0 Å². The summed E-state index contributed by atoms with van der Waals surface area (Å²) in [6.45, 7) is 4.29. The molecule has 1 saturated heterocycles. The Kier molecular flexibility index (Phi) is 5.18. The molecule has 1 aliphatic heterocycles. The summed E-state index contributed by atoms with van der Waals surface area (Å²) in [6.07, 6.45) is 0. The van der Waals surface area contributed by atoms with Gasteiger partial charge in [-0.05, 0) is 26.0 Å². The van der Waals surface area contributed by atoms with Gasteiger partial charge in [0.15, 0.2) is 10.9 Å². The summed E-state index contributed by atoms with van der Waals surface area (Å²) >= 11 is 1.32. The van der Waals surface area contributed by atoms with Gasteiger partial charge in [0.2, 0.25) is 21.7 Å². The van der Waals surface area contributed by atoms with Gasteiger partial charge < -0.3 is 9.42 Å². The van der Waals surface area contributed by atoms with Crippen LogP contribution >= 0.6 is 11.8 Å². The van der Waals surface area contributed by atoms with Crippen LogP contribution in [0.25, 0.3) is 16.8 Å². The summed E-state index contributed by atoms with van der Waals surface area (Å²) in [7, 11) is -3.71. The van der Waals surface area contributed by atoms with Crippen LogP contribution < -0.4 is 0 Å². The van der Waals surface area contributed by atoms with E-state index in [0.29, 0.717) is 29.7 Å². The molecule has 4 heterocycles. The molecule has 1 amide bonds.